The van der Waals surface area contributed by atoms with Crippen LogP contribution in [0.1, 0.15) is 18.4 Å². The summed E-state index contributed by atoms with van der Waals surface area (Å²) < 4.78 is 0. The summed E-state index contributed by atoms with van der Waals surface area (Å²) in [5, 5.41) is 5.90. The van der Waals surface area contributed by atoms with Crippen molar-refractivity contribution in [1.29, 1.82) is 0 Å². The predicted molar refractivity (Wildman–Crippen MR) is 81.8 cm³/mol. The third-order valence-corrected chi connectivity index (χ3v) is 3.93. The summed E-state index contributed by atoms with van der Waals surface area (Å²) in [6.07, 6.45) is 3.24. The smallest absolute Gasteiger partial charge is 0.314 e. The average molecular weight is 275 g/mol. The Balaban J connectivity index is 1.56. The van der Waals surface area contributed by atoms with Crippen LogP contribution in [0.3, 0.4) is 0 Å². The first kappa shape index (κ1) is 14.9. The van der Waals surface area contributed by atoms with Crippen LogP contribution in [0.15, 0.2) is 30.3 Å². The number of rotatable bonds is 5. The molecule has 0 atom stereocenters. The molecule has 1 aromatic carbocycles. The predicted octanol–water partition coefficient (Wildman–Crippen LogP) is 1.87. The molecule has 0 spiro atoms. The molecule has 20 heavy (non-hydrogen) atoms. The number of amides is 2. The SMILES string of the molecule is CN1CCC(CNC(=O)NCCc2ccccc2)CC1. The van der Waals surface area contributed by atoms with Gasteiger partial charge in [0.1, 0.15) is 0 Å². The number of nitrogens with zero attached hydrogens (tertiary/aromatic N) is 1. The summed E-state index contributed by atoms with van der Waals surface area (Å²) in [5.41, 5.74) is 1.25. The molecule has 2 rings (SSSR count). The molecule has 1 aromatic rings. The highest BCUT2D eigenvalue weighted by Gasteiger charge is 2.16. The molecule has 0 radical (unpaired) electrons. The Morgan fingerprint density at radius 2 is 1.90 bits per heavy atom. The minimum Gasteiger partial charge on any atom is -0.338 e. The fourth-order valence-corrected chi connectivity index (χ4v) is 2.53. The molecule has 4 heteroatoms. The Hall–Kier alpha value is -1.55. The van der Waals surface area contributed by atoms with Gasteiger partial charge in [0.2, 0.25) is 0 Å². The Kier molecular flexibility index (Phi) is 5.87. The van der Waals surface area contributed by atoms with E-state index in [0.717, 1.165) is 26.1 Å². The summed E-state index contributed by atoms with van der Waals surface area (Å²) in [4.78, 5) is 14.1. The molecule has 1 heterocycles. The Bertz CT molecular complexity index is 399. The topological polar surface area (TPSA) is 44.4 Å². The maximum atomic E-state index is 11.7. The van der Waals surface area contributed by atoms with Gasteiger partial charge in [-0.15, -0.1) is 0 Å². The molecular formula is C16H25N3O. The van der Waals surface area contributed by atoms with E-state index in [2.05, 4.69) is 34.7 Å². The maximum absolute atomic E-state index is 11.7. The third kappa shape index (κ3) is 5.21. The lowest BCUT2D eigenvalue weighted by Gasteiger charge is -2.28. The van der Waals surface area contributed by atoms with Crippen molar-refractivity contribution in [3.05, 3.63) is 35.9 Å². The van der Waals surface area contributed by atoms with Crippen LogP contribution >= 0.6 is 0 Å². The molecule has 0 unspecified atom stereocenters. The van der Waals surface area contributed by atoms with E-state index < -0.39 is 0 Å². The van der Waals surface area contributed by atoms with Crippen molar-refractivity contribution in [3.63, 3.8) is 0 Å². The average Bonchev–Trinajstić information content (AvgIpc) is 2.48. The minimum absolute atomic E-state index is 0.0418. The number of hydrogen-bond acceptors (Lipinski definition) is 2. The van der Waals surface area contributed by atoms with Gasteiger partial charge in [-0.25, -0.2) is 4.79 Å². The van der Waals surface area contributed by atoms with Crippen LogP contribution in [0.2, 0.25) is 0 Å². The van der Waals surface area contributed by atoms with Gasteiger partial charge in [-0.1, -0.05) is 30.3 Å². The number of carbonyl (C=O) groups excluding carboxylic acids is 1. The molecular weight excluding hydrogens is 250 g/mol. The molecule has 0 aliphatic carbocycles. The number of hydrogen-bond donors (Lipinski definition) is 2. The van der Waals surface area contributed by atoms with E-state index in [9.17, 15) is 4.79 Å². The standard InChI is InChI=1S/C16H25N3O/c1-19-11-8-15(9-12-19)13-18-16(20)17-10-7-14-5-3-2-4-6-14/h2-6,15H,7-13H2,1H3,(H2,17,18,20). The van der Waals surface area contributed by atoms with E-state index in [1.807, 2.05) is 18.2 Å². The lowest BCUT2D eigenvalue weighted by atomic mass is 9.97. The summed E-state index contributed by atoms with van der Waals surface area (Å²) in [6.45, 7) is 3.76. The molecule has 1 aliphatic heterocycles. The van der Waals surface area contributed by atoms with Crippen LogP contribution < -0.4 is 10.6 Å². The molecule has 110 valence electrons. The lowest BCUT2D eigenvalue weighted by Crippen LogP contribution is -2.41. The van der Waals surface area contributed by atoms with E-state index in [0.29, 0.717) is 12.5 Å². The number of piperidine rings is 1. The van der Waals surface area contributed by atoms with Crippen LogP contribution in [0.4, 0.5) is 4.79 Å². The number of carbonyl (C=O) groups is 1. The lowest BCUT2D eigenvalue weighted by molar-refractivity contribution is 0.210. The first-order chi connectivity index (χ1) is 9.74. The molecule has 2 amide bonds. The summed E-state index contributed by atoms with van der Waals surface area (Å²) >= 11 is 0. The second-order valence-electron chi connectivity index (χ2n) is 5.62. The van der Waals surface area contributed by atoms with Crippen LogP contribution in [-0.2, 0) is 6.42 Å². The van der Waals surface area contributed by atoms with Gasteiger partial charge < -0.3 is 15.5 Å². The fraction of sp³-hybridized carbons (Fsp3) is 0.562. The molecule has 0 aromatic heterocycles. The number of benzene rings is 1. The molecule has 1 fully saturated rings. The maximum Gasteiger partial charge on any atom is 0.314 e. The van der Waals surface area contributed by atoms with E-state index >= 15 is 0 Å². The van der Waals surface area contributed by atoms with Gasteiger partial charge in [-0.3, -0.25) is 0 Å². The molecule has 1 aliphatic rings. The van der Waals surface area contributed by atoms with Crippen molar-refractivity contribution in [3.8, 4) is 0 Å². The highest BCUT2D eigenvalue weighted by atomic mass is 16.2. The van der Waals surface area contributed by atoms with Gasteiger partial charge in [0, 0.05) is 13.1 Å². The molecule has 4 nitrogen and oxygen atoms in total. The van der Waals surface area contributed by atoms with Gasteiger partial charge in [-0.05, 0) is 50.9 Å². The molecule has 1 saturated heterocycles. The van der Waals surface area contributed by atoms with Gasteiger partial charge in [0.05, 0.1) is 0 Å². The van der Waals surface area contributed by atoms with Crippen molar-refractivity contribution >= 4 is 6.03 Å². The van der Waals surface area contributed by atoms with Crippen molar-refractivity contribution < 1.29 is 4.79 Å². The van der Waals surface area contributed by atoms with Crippen LogP contribution in [0, 0.1) is 5.92 Å². The third-order valence-electron chi connectivity index (χ3n) is 3.93. The largest absolute Gasteiger partial charge is 0.338 e. The van der Waals surface area contributed by atoms with E-state index in [1.165, 1.54) is 18.4 Å². The van der Waals surface area contributed by atoms with E-state index in [-0.39, 0.29) is 6.03 Å². The van der Waals surface area contributed by atoms with Crippen LogP contribution in [-0.4, -0.2) is 44.2 Å². The normalized spacial score (nSPS) is 16.9. The van der Waals surface area contributed by atoms with Crippen LogP contribution in [0.5, 0.6) is 0 Å². The highest BCUT2D eigenvalue weighted by molar-refractivity contribution is 5.73. The zero-order chi connectivity index (χ0) is 14.2. The van der Waals surface area contributed by atoms with E-state index in [1.54, 1.807) is 0 Å². The van der Waals surface area contributed by atoms with Gasteiger partial charge >= 0.3 is 6.03 Å². The Morgan fingerprint density at radius 1 is 1.20 bits per heavy atom. The molecule has 0 bridgehead atoms. The zero-order valence-electron chi connectivity index (χ0n) is 12.3. The van der Waals surface area contributed by atoms with Gasteiger partial charge in [0.15, 0.2) is 0 Å². The molecule has 2 N–H and O–H groups in total. The Morgan fingerprint density at radius 3 is 2.60 bits per heavy atom. The van der Waals surface area contributed by atoms with Gasteiger partial charge in [0.25, 0.3) is 0 Å². The minimum atomic E-state index is -0.0418. The summed E-state index contributed by atoms with van der Waals surface area (Å²) in [6, 6.07) is 10.2. The summed E-state index contributed by atoms with van der Waals surface area (Å²) in [7, 11) is 2.15. The highest BCUT2D eigenvalue weighted by Crippen LogP contribution is 2.14. The summed E-state index contributed by atoms with van der Waals surface area (Å²) in [5.74, 6) is 0.631. The second-order valence-corrected chi connectivity index (χ2v) is 5.62. The monoisotopic (exact) mass is 275 g/mol. The zero-order valence-corrected chi connectivity index (χ0v) is 12.3. The first-order valence-corrected chi connectivity index (χ1v) is 7.48. The molecule has 0 saturated carbocycles. The Labute approximate surface area is 121 Å². The second kappa shape index (κ2) is 7.90. The van der Waals surface area contributed by atoms with Crippen molar-refractivity contribution in [1.82, 2.24) is 15.5 Å². The van der Waals surface area contributed by atoms with Crippen molar-refractivity contribution in [2.45, 2.75) is 19.3 Å². The number of nitrogens with one attached hydrogen (secondary N) is 2. The van der Waals surface area contributed by atoms with E-state index in [4.69, 9.17) is 0 Å². The number of likely N-dealkylation sites (tertiary alicyclic amines) is 1. The van der Waals surface area contributed by atoms with Crippen molar-refractivity contribution in [2.75, 3.05) is 33.2 Å². The fourth-order valence-electron chi connectivity index (χ4n) is 2.53. The van der Waals surface area contributed by atoms with Gasteiger partial charge in [-0.2, -0.15) is 0 Å². The quantitative estimate of drug-likeness (QED) is 0.861. The van der Waals surface area contributed by atoms with Crippen LogP contribution in [0.25, 0.3) is 0 Å². The first-order valence-electron chi connectivity index (χ1n) is 7.48. The van der Waals surface area contributed by atoms with Crippen molar-refractivity contribution in [2.24, 2.45) is 5.92 Å². The number of urea groups is 1.